The zero-order valence-electron chi connectivity index (χ0n) is 21.9. The van der Waals surface area contributed by atoms with Crippen LogP contribution in [0.2, 0.25) is 0 Å². The number of nitrogen functional groups attached to an aromatic ring is 1. The molecular formula is C24H37N9O3. The molecule has 2 rings (SSSR count). The molecule has 36 heavy (non-hydrogen) atoms. The number of amides is 1. The summed E-state index contributed by atoms with van der Waals surface area (Å²) in [6, 6.07) is 0. The maximum Gasteiger partial charge on any atom is 0.407 e. The van der Waals surface area contributed by atoms with Crippen LogP contribution >= 0.6 is 0 Å². The summed E-state index contributed by atoms with van der Waals surface area (Å²) >= 11 is 0. The standard InChI is InChI=1S/C24H37N9O3/c1-15(2)21-32-18(19(33-21)17-12-29-20(25)22(31-17)35-7)16(8-9-26-6)30-14-27-10-11-28-23(34)36-13-24(3,4)5/h8-9,12,15,27H,6,10-11,13-14H2,1-5,7H3,(H2,25,29)(H,28,34)(H,32,33)/b9-8-,30-16+. The molecule has 0 unspecified atom stereocenters. The molecule has 0 aliphatic heterocycles. The molecule has 12 heteroatoms. The molecule has 0 saturated carbocycles. The lowest BCUT2D eigenvalue weighted by Crippen LogP contribution is -2.34. The Kier molecular flexibility index (Phi) is 10.5. The van der Waals surface area contributed by atoms with Crippen LogP contribution in [0.1, 0.15) is 52.1 Å². The Bertz CT molecular complexity index is 1080. The normalized spacial score (nSPS) is 12.2. The summed E-state index contributed by atoms with van der Waals surface area (Å²) in [6.07, 6.45) is 4.36. The van der Waals surface area contributed by atoms with E-state index in [1.165, 1.54) is 13.3 Å². The van der Waals surface area contributed by atoms with Crippen molar-refractivity contribution in [2.45, 2.75) is 40.5 Å². The van der Waals surface area contributed by atoms with Gasteiger partial charge in [0.1, 0.15) is 17.2 Å². The number of imidazole rings is 1. The monoisotopic (exact) mass is 499 g/mol. The van der Waals surface area contributed by atoms with Gasteiger partial charge in [0, 0.05) is 25.2 Å². The first-order valence-corrected chi connectivity index (χ1v) is 11.6. The number of nitrogens with one attached hydrogen (secondary N) is 3. The third-order valence-electron chi connectivity index (χ3n) is 4.63. The highest BCUT2D eigenvalue weighted by atomic mass is 16.5. The maximum absolute atomic E-state index is 11.8. The van der Waals surface area contributed by atoms with E-state index in [9.17, 15) is 4.79 Å². The average molecular weight is 500 g/mol. The first-order chi connectivity index (χ1) is 17.1. The quantitative estimate of drug-likeness (QED) is 0.256. The fourth-order valence-electron chi connectivity index (χ4n) is 2.83. The Morgan fingerprint density at radius 1 is 1.31 bits per heavy atom. The van der Waals surface area contributed by atoms with Crippen LogP contribution in [0.25, 0.3) is 11.4 Å². The van der Waals surface area contributed by atoms with E-state index in [0.29, 0.717) is 42.5 Å². The highest BCUT2D eigenvalue weighted by molar-refractivity contribution is 6.10. The lowest BCUT2D eigenvalue weighted by atomic mass is 9.99. The summed E-state index contributed by atoms with van der Waals surface area (Å²) in [6.45, 7) is 15.1. The minimum atomic E-state index is -0.445. The molecule has 0 saturated heterocycles. The van der Waals surface area contributed by atoms with Crippen molar-refractivity contribution in [3.05, 3.63) is 30.0 Å². The van der Waals surface area contributed by atoms with Gasteiger partial charge in [0.2, 0.25) is 0 Å². The average Bonchev–Trinajstić information content (AvgIpc) is 3.27. The second kappa shape index (κ2) is 13.3. The van der Waals surface area contributed by atoms with E-state index in [1.807, 2.05) is 34.6 Å². The summed E-state index contributed by atoms with van der Waals surface area (Å²) in [5.41, 5.74) is 8.01. The number of aromatic amines is 1. The second-order valence-electron chi connectivity index (χ2n) is 9.41. The smallest absolute Gasteiger partial charge is 0.407 e. The number of H-pyrrole nitrogens is 1. The highest BCUT2D eigenvalue weighted by Crippen LogP contribution is 2.26. The van der Waals surface area contributed by atoms with E-state index in [4.69, 9.17) is 20.2 Å². The first-order valence-electron chi connectivity index (χ1n) is 11.6. The summed E-state index contributed by atoms with van der Waals surface area (Å²) in [4.78, 5) is 36.9. The van der Waals surface area contributed by atoms with Gasteiger partial charge in [0.15, 0.2) is 5.82 Å². The first kappa shape index (κ1) is 28.4. The summed E-state index contributed by atoms with van der Waals surface area (Å²) in [7, 11) is 1.48. The Morgan fingerprint density at radius 2 is 2.06 bits per heavy atom. The Balaban J connectivity index is 2.17. The number of anilines is 1. The summed E-state index contributed by atoms with van der Waals surface area (Å²) in [5.74, 6) is 1.29. The Morgan fingerprint density at radius 3 is 2.69 bits per heavy atom. The van der Waals surface area contributed by atoms with E-state index in [0.717, 1.165) is 5.82 Å². The Hall–Kier alpha value is -3.80. The van der Waals surface area contributed by atoms with Gasteiger partial charge >= 0.3 is 6.09 Å². The van der Waals surface area contributed by atoms with E-state index < -0.39 is 6.09 Å². The third kappa shape index (κ3) is 8.77. The SMILES string of the molecule is C=N/C=C\C(=N/CNCCNC(=O)OCC(C)(C)C)c1[nH]c(C(C)C)nc1-c1cnc(N)c(OC)n1. The molecule has 0 atom stereocenters. The van der Waals surface area contributed by atoms with E-state index >= 15 is 0 Å². The van der Waals surface area contributed by atoms with Gasteiger partial charge in [-0.2, -0.15) is 0 Å². The number of aliphatic imine (C=N–C) groups is 2. The molecule has 2 aromatic rings. The number of alkyl carbamates (subject to hydrolysis) is 1. The van der Waals surface area contributed by atoms with Crippen LogP contribution in [0.15, 0.2) is 28.5 Å². The van der Waals surface area contributed by atoms with Crippen LogP contribution in [0.3, 0.4) is 0 Å². The Labute approximate surface area is 211 Å². The molecule has 0 aromatic carbocycles. The summed E-state index contributed by atoms with van der Waals surface area (Å²) in [5, 5.41) is 5.88. The number of rotatable bonds is 12. The van der Waals surface area contributed by atoms with Gasteiger partial charge in [0.25, 0.3) is 5.88 Å². The van der Waals surface area contributed by atoms with Crippen LogP contribution < -0.4 is 21.1 Å². The second-order valence-corrected chi connectivity index (χ2v) is 9.41. The maximum atomic E-state index is 11.8. The summed E-state index contributed by atoms with van der Waals surface area (Å²) < 4.78 is 10.4. The van der Waals surface area contributed by atoms with Gasteiger partial charge < -0.3 is 25.5 Å². The zero-order chi connectivity index (χ0) is 26.7. The number of nitrogens with two attached hydrogens (primary N) is 1. The highest BCUT2D eigenvalue weighted by Gasteiger charge is 2.20. The largest absolute Gasteiger partial charge is 0.478 e. The van der Waals surface area contributed by atoms with E-state index in [2.05, 4.69) is 42.3 Å². The van der Waals surface area contributed by atoms with E-state index in [1.54, 1.807) is 12.3 Å². The number of allylic oxidation sites excluding steroid dienone is 1. The molecule has 2 heterocycles. The minimum absolute atomic E-state index is 0.0848. The lowest BCUT2D eigenvalue weighted by Gasteiger charge is -2.17. The molecule has 0 aliphatic carbocycles. The molecule has 1 amide bonds. The number of aromatic nitrogens is 4. The van der Waals surface area contributed by atoms with Crippen molar-refractivity contribution in [2.75, 3.05) is 39.2 Å². The molecule has 0 aliphatic rings. The van der Waals surface area contributed by atoms with Crippen molar-refractivity contribution >= 4 is 24.3 Å². The van der Waals surface area contributed by atoms with Crippen molar-refractivity contribution in [3.8, 4) is 17.3 Å². The zero-order valence-corrected chi connectivity index (χ0v) is 21.9. The van der Waals surface area contributed by atoms with Crippen molar-refractivity contribution in [1.29, 1.82) is 0 Å². The lowest BCUT2D eigenvalue weighted by molar-refractivity contribution is 0.106. The molecule has 12 nitrogen and oxygen atoms in total. The third-order valence-corrected chi connectivity index (χ3v) is 4.63. The molecule has 0 spiro atoms. The van der Waals surface area contributed by atoms with Gasteiger partial charge in [-0.05, 0) is 18.2 Å². The number of methoxy groups -OCH3 is 1. The van der Waals surface area contributed by atoms with Crippen LogP contribution in [0.4, 0.5) is 10.6 Å². The van der Waals surface area contributed by atoms with Crippen molar-refractivity contribution < 1.29 is 14.3 Å². The fraction of sp³-hybridized carbons (Fsp3) is 0.500. The van der Waals surface area contributed by atoms with Crippen LogP contribution in [-0.4, -0.2) is 71.9 Å². The number of nitrogens with zero attached hydrogens (tertiary/aromatic N) is 5. The van der Waals surface area contributed by atoms with Gasteiger partial charge in [-0.25, -0.2) is 19.7 Å². The van der Waals surface area contributed by atoms with Gasteiger partial charge in [-0.3, -0.25) is 15.3 Å². The minimum Gasteiger partial charge on any atom is -0.478 e. The van der Waals surface area contributed by atoms with Crippen LogP contribution in [-0.2, 0) is 4.74 Å². The van der Waals surface area contributed by atoms with Crippen molar-refractivity contribution in [3.63, 3.8) is 0 Å². The molecule has 0 bridgehead atoms. The molecule has 196 valence electrons. The van der Waals surface area contributed by atoms with Gasteiger partial charge in [0.05, 0.1) is 38.0 Å². The molecular weight excluding hydrogens is 462 g/mol. The molecule has 2 aromatic heterocycles. The molecule has 0 fully saturated rings. The van der Waals surface area contributed by atoms with Crippen LogP contribution in [0.5, 0.6) is 5.88 Å². The van der Waals surface area contributed by atoms with Gasteiger partial charge in [-0.1, -0.05) is 34.6 Å². The fourth-order valence-corrected chi connectivity index (χ4v) is 2.83. The molecule has 5 N–H and O–H groups in total. The topological polar surface area (TPSA) is 165 Å². The number of carbonyl (C=O) groups is 1. The predicted molar refractivity (Wildman–Crippen MR) is 142 cm³/mol. The predicted octanol–water partition coefficient (Wildman–Crippen LogP) is 2.90. The van der Waals surface area contributed by atoms with E-state index in [-0.39, 0.29) is 29.7 Å². The van der Waals surface area contributed by atoms with Crippen molar-refractivity contribution in [1.82, 2.24) is 30.6 Å². The number of carbonyl (C=O) groups excluding carboxylic acids is 1. The van der Waals surface area contributed by atoms with Crippen molar-refractivity contribution in [2.24, 2.45) is 15.4 Å². The number of hydrogen-bond acceptors (Lipinski definition) is 10. The number of ether oxygens (including phenoxy) is 2. The molecule has 0 radical (unpaired) electrons. The van der Waals surface area contributed by atoms with Crippen LogP contribution in [0, 0.1) is 5.41 Å². The number of hydrogen-bond donors (Lipinski definition) is 4. The van der Waals surface area contributed by atoms with Gasteiger partial charge in [-0.15, -0.1) is 0 Å².